The molecule has 2 N–H and O–H groups in total. The monoisotopic (exact) mass is 323 g/mol. The van der Waals surface area contributed by atoms with Crippen LogP contribution in [0.1, 0.15) is 33.6 Å². The Balaban J connectivity index is 2.09. The van der Waals surface area contributed by atoms with Gasteiger partial charge in [-0.05, 0) is 56.4 Å². The fourth-order valence-corrected chi connectivity index (χ4v) is 4.25. The predicted molar refractivity (Wildman–Crippen MR) is 83.6 cm³/mol. The van der Waals surface area contributed by atoms with E-state index in [0.717, 1.165) is 41.4 Å². The van der Waals surface area contributed by atoms with Crippen molar-refractivity contribution in [2.75, 3.05) is 12.8 Å². The molecule has 0 aliphatic heterocycles. The first kappa shape index (κ1) is 15.6. The second-order valence-corrected chi connectivity index (χ2v) is 8.63. The van der Waals surface area contributed by atoms with Gasteiger partial charge < -0.3 is 5.11 Å². The molecule has 120 valence electrons. The van der Waals surface area contributed by atoms with E-state index in [9.17, 15) is 18.3 Å². The third kappa shape index (κ3) is 1.97. The summed E-state index contributed by atoms with van der Waals surface area (Å²) in [4.78, 5) is 12.7. The highest BCUT2D eigenvalue weighted by Crippen LogP contribution is 2.64. The third-order valence-corrected chi connectivity index (χ3v) is 6.05. The van der Waals surface area contributed by atoms with Gasteiger partial charge in [0.25, 0.3) is 0 Å². The number of aliphatic hydroxyl groups is 1. The summed E-state index contributed by atoms with van der Waals surface area (Å²) in [6.45, 7) is 5.59. The van der Waals surface area contributed by atoms with E-state index in [1.54, 1.807) is 13.0 Å². The Morgan fingerprint density at radius 2 is 1.91 bits per heavy atom. The van der Waals surface area contributed by atoms with Crippen molar-refractivity contribution in [1.29, 1.82) is 0 Å². The van der Waals surface area contributed by atoms with Gasteiger partial charge >= 0.3 is 0 Å². The number of nitrogens with one attached hydrogen (secondary N) is 1. The number of allylic oxidation sites excluding steroid dienone is 2. The minimum absolute atomic E-state index is 0.169. The molecule has 0 unspecified atom stereocenters. The van der Waals surface area contributed by atoms with Gasteiger partial charge in [-0.15, -0.1) is 0 Å². The maximum absolute atomic E-state index is 12.7. The average molecular weight is 323 g/mol. The summed E-state index contributed by atoms with van der Waals surface area (Å²) in [5.74, 6) is -0.251. The molecule has 1 fully saturated rings. The van der Waals surface area contributed by atoms with Gasteiger partial charge in [0.1, 0.15) is 5.60 Å². The zero-order valence-electron chi connectivity index (χ0n) is 13.3. The minimum atomic E-state index is -3.30. The molecule has 0 aromatic heterocycles. The number of hydrogen-bond acceptors (Lipinski definition) is 4. The normalized spacial score (nSPS) is 30.0. The van der Waals surface area contributed by atoms with Crippen LogP contribution in [0.2, 0.25) is 0 Å². The predicted octanol–water partition coefficient (Wildman–Crippen LogP) is 1.22. The standard InChI is InChI=1S/C16H21NO4S/c1-9-7-11-13(12(9)8-17-22(4,20)21)10(2)16(5-6-16)15(3,19)14(11)18/h7,17,19H,5-6,8H2,1-4H3/t15-/m0/s1. The summed E-state index contributed by atoms with van der Waals surface area (Å²) in [6.07, 6.45) is 4.47. The second-order valence-electron chi connectivity index (χ2n) is 6.80. The van der Waals surface area contributed by atoms with Crippen molar-refractivity contribution >= 4 is 15.8 Å². The largest absolute Gasteiger partial charge is 0.381 e. The minimum Gasteiger partial charge on any atom is -0.381 e. The van der Waals surface area contributed by atoms with Crippen LogP contribution in [0.15, 0.2) is 33.9 Å². The molecule has 3 aliphatic carbocycles. The van der Waals surface area contributed by atoms with Crippen LogP contribution in [0.3, 0.4) is 0 Å². The van der Waals surface area contributed by atoms with E-state index in [2.05, 4.69) is 4.72 Å². The lowest BCUT2D eigenvalue weighted by Gasteiger charge is -2.39. The van der Waals surface area contributed by atoms with E-state index in [1.807, 2.05) is 13.8 Å². The lowest BCUT2D eigenvalue weighted by molar-refractivity contribution is -0.137. The molecule has 1 spiro atoms. The number of ketones is 1. The van der Waals surface area contributed by atoms with E-state index in [4.69, 9.17) is 0 Å². The number of hydrogen-bond donors (Lipinski definition) is 2. The van der Waals surface area contributed by atoms with Crippen molar-refractivity contribution in [2.45, 2.75) is 39.2 Å². The number of fused-ring (bicyclic) bond motifs is 1. The Morgan fingerprint density at radius 3 is 2.41 bits per heavy atom. The van der Waals surface area contributed by atoms with Crippen LogP contribution in [-0.2, 0) is 14.8 Å². The van der Waals surface area contributed by atoms with Crippen molar-refractivity contribution in [1.82, 2.24) is 4.72 Å². The fraction of sp³-hybridized carbons (Fsp3) is 0.562. The molecule has 0 aromatic rings. The zero-order valence-corrected chi connectivity index (χ0v) is 14.1. The SMILES string of the molecule is CC1=C(CNS(C)(=O)=O)C2=C(C)C3(CC3)[C@@](C)(O)C(=O)C2=C1. The topological polar surface area (TPSA) is 83.5 Å². The van der Waals surface area contributed by atoms with Crippen molar-refractivity contribution in [3.05, 3.63) is 33.9 Å². The smallest absolute Gasteiger partial charge is 0.209 e. The summed E-state index contributed by atoms with van der Waals surface area (Å²) in [7, 11) is -3.30. The molecule has 0 aromatic carbocycles. The molecular weight excluding hydrogens is 302 g/mol. The molecule has 0 heterocycles. The molecule has 5 nitrogen and oxygen atoms in total. The molecule has 0 radical (unpaired) electrons. The van der Waals surface area contributed by atoms with E-state index in [-0.39, 0.29) is 12.3 Å². The number of rotatable bonds is 3. The van der Waals surface area contributed by atoms with Crippen molar-refractivity contribution in [3.8, 4) is 0 Å². The molecule has 0 amide bonds. The van der Waals surface area contributed by atoms with Gasteiger partial charge in [-0.2, -0.15) is 0 Å². The van der Waals surface area contributed by atoms with Crippen molar-refractivity contribution < 1.29 is 18.3 Å². The average Bonchev–Trinajstić information content (AvgIpc) is 3.13. The zero-order chi connectivity index (χ0) is 16.5. The van der Waals surface area contributed by atoms with E-state index >= 15 is 0 Å². The van der Waals surface area contributed by atoms with Gasteiger partial charge in [-0.3, -0.25) is 4.79 Å². The maximum atomic E-state index is 12.7. The first-order valence-electron chi connectivity index (χ1n) is 7.37. The summed E-state index contributed by atoms with van der Waals surface area (Å²) in [6, 6.07) is 0. The molecule has 3 aliphatic rings. The van der Waals surface area contributed by atoms with Gasteiger partial charge in [0.05, 0.1) is 6.26 Å². The molecule has 0 bridgehead atoms. The molecule has 22 heavy (non-hydrogen) atoms. The molecule has 3 rings (SSSR count). The van der Waals surface area contributed by atoms with E-state index in [1.165, 1.54) is 0 Å². The van der Waals surface area contributed by atoms with Crippen molar-refractivity contribution in [2.24, 2.45) is 5.41 Å². The lowest BCUT2D eigenvalue weighted by atomic mass is 9.67. The Kier molecular flexibility index (Phi) is 3.13. The number of carbonyl (C=O) groups is 1. The van der Waals surface area contributed by atoms with E-state index in [0.29, 0.717) is 5.57 Å². The van der Waals surface area contributed by atoms with Gasteiger partial charge in [-0.1, -0.05) is 5.57 Å². The van der Waals surface area contributed by atoms with Crippen LogP contribution in [-0.4, -0.2) is 37.7 Å². The lowest BCUT2D eigenvalue weighted by Crippen LogP contribution is -2.49. The highest BCUT2D eigenvalue weighted by atomic mass is 32.2. The van der Waals surface area contributed by atoms with Crippen molar-refractivity contribution in [3.63, 3.8) is 0 Å². The van der Waals surface area contributed by atoms with Crippen LogP contribution in [0.25, 0.3) is 0 Å². The van der Waals surface area contributed by atoms with Gasteiger partial charge in [0.15, 0.2) is 5.78 Å². The summed E-state index contributed by atoms with van der Waals surface area (Å²) in [5.41, 5.74) is 2.23. The van der Waals surface area contributed by atoms with E-state index < -0.39 is 21.0 Å². The Bertz CT molecular complexity index is 777. The van der Waals surface area contributed by atoms with Crippen LogP contribution >= 0.6 is 0 Å². The van der Waals surface area contributed by atoms with Gasteiger partial charge in [0.2, 0.25) is 10.0 Å². The number of sulfonamides is 1. The first-order chi connectivity index (χ1) is 10.0. The molecular formula is C16H21NO4S. The first-order valence-corrected chi connectivity index (χ1v) is 9.26. The number of carbonyl (C=O) groups excluding carboxylic acids is 1. The van der Waals surface area contributed by atoms with Gasteiger partial charge in [0, 0.05) is 17.5 Å². The third-order valence-electron chi connectivity index (χ3n) is 5.38. The number of Topliss-reactive ketones (excluding diaryl/α,β-unsaturated/α-hetero) is 1. The molecule has 0 saturated heterocycles. The quantitative estimate of drug-likeness (QED) is 0.818. The van der Waals surface area contributed by atoms with Gasteiger partial charge in [-0.25, -0.2) is 13.1 Å². The van der Waals surface area contributed by atoms with Crippen LogP contribution in [0.5, 0.6) is 0 Å². The molecule has 1 saturated carbocycles. The summed E-state index contributed by atoms with van der Waals surface area (Å²) < 4.78 is 25.2. The Hall–Kier alpha value is -1.24. The Labute approximate surface area is 130 Å². The highest BCUT2D eigenvalue weighted by molar-refractivity contribution is 7.88. The van der Waals surface area contributed by atoms with Crippen LogP contribution < -0.4 is 4.72 Å². The second kappa shape index (κ2) is 4.40. The molecule has 1 atom stereocenters. The molecule has 6 heteroatoms. The summed E-state index contributed by atoms with van der Waals surface area (Å²) >= 11 is 0. The van der Waals surface area contributed by atoms with Crippen LogP contribution in [0.4, 0.5) is 0 Å². The Morgan fingerprint density at radius 1 is 1.32 bits per heavy atom. The highest BCUT2D eigenvalue weighted by Gasteiger charge is 2.64. The van der Waals surface area contributed by atoms with Crippen LogP contribution in [0, 0.1) is 5.41 Å². The maximum Gasteiger partial charge on any atom is 0.209 e. The summed E-state index contributed by atoms with van der Waals surface area (Å²) in [5, 5.41) is 10.7. The fourth-order valence-electron chi connectivity index (χ4n) is 3.84.